The minimum Gasteiger partial charge on any atom is -0.490 e. The van der Waals surface area contributed by atoms with E-state index in [1.807, 2.05) is 6.92 Å². The van der Waals surface area contributed by atoms with E-state index >= 15 is 0 Å². The Hall–Kier alpha value is -3.07. The molecule has 2 aromatic carbocycles. The first kappa shape index (κ1) is 22.1. The first-order valence-electron chi connectivity index (χ1n) is 10.3. The fourth-order valence-electron chi connectivity index (χ4n) is 4.07. The minimum absolute atomic E-state index is 0.0701. The molecule has 0 aliphatic carbocycles. The van der Waals surface area contributed by atoms with Gasteiger partial charge in [-0.2, -0.15) is 13.2 Å². The van der Waals surface area contributed by atoms with Gasteiger partial charge in [0.25, 0.3) is 11.8 Å². The second-order valence-electron chi connectivity index (χ2n) is 8.10. The first-order chi connectivity index (χ1) is 15.1. The summed E-state index contributed by atoms with van der Waals surface area (Å²) in [6, 6.07) is 8.50. The van der Waals surface area contributed by atoms with Crippen molar-refractivity contribution in [3.63, 3.8) is 0 Å². The summed E-state index contributed by atoms with van der Waals surface area (Å²) in [6.07, 6.45) is -2.95. The number of amides is 2. The highest BCUT2D eigenvalue weighted by Gasteiger charge is 2.37. The average molecular weight is 448 g/mol. The van der Waals surface area contributed by atoms with Crippen molar-refractivity contribution in [1.29, 1.82) is 0 Å². The number of hydrogen-bond acceptors (Lipinski definition) is 4. The monoisotopic (exact) mass is 448 g/mol. The summed E-state index contributed by atoms with van der Waals surface area (Å²) < 4.78 is 50.0. The Morgan fingerprint density at radius 2 is 1.84 bits per heavy atom. The topological polar surface area (TPSA) is 67.9 Å². The van der Waals surface area contributed by atoms with Gasteiger partial charge in [-0.25, -0.2) is 0 Å². The maximum Gasteiger partial charge on any atom is 0.416 e. The molecule has 1 fully saturated rings. The fourth-order valence-corrected chi connectivity index (χ4v) is 4.07. The molecule has 4 rings (SSSR count). The van der Waals surface area contributed by atoms with Crippen molar-refractivity contribution >= 4 is 17.5 Å². The van der Waals surface area contributed by atoms with Crippen LogP contribution in [0.15, 0.2) is 42.5 Å². The lowest BCUT2D eigenvalue weighted by atomic mass is 9.96. The standard InChI is InChI=1S/C23H23F3N2O4/c1-13-3-9-18-20(32-13)12-31-19-10-8-16(11-17(19)22(30)28(18)2)27-21(29)14-4-6-15(7-5-14)23(24,25)26/h4-8,10-11,13,18,20H,3,9,12H2,1-2H3,(H,27,29). The second-order valence-corrected chi connectivity index (χ2v) is 8.10. The molecule has 0 saturated carbocycles. The Morgan fingerprint density at radius 3 is 2.53 bits per heavy atom. The van der Waals surface area contributed by atoms with Gasteiger partial charge in [-0.3, -0.25) is 9.59 Å². The summed E-state index contributed by atoms with van der Waals surface area (Å²) in [5, 5.41) is 2.63. The molecule has 9 heteroatoms. The van der Waals surface area contributed by atoms with Crippen molar-refractivity contribution in [2.24, 2.45) is 0 Å². The molecule has 2 aliphatic rings. The van der Waals surface area contributed by atoms with E-state index in [-0.39, 0.29) is 29.7 Å². The number of benzene rings is 2. The zero-order valence-electron chi connectivity index (χ0n) is 17.6. The van der Waals surface area contributed by atoms with E-state index in [9.17, 15) is 22.8 Å². The number of rotatable bonds is 2. The summed E-state index contributed by atoms with van der Waals surface area (Å²) in [7, 11) is 1.72. The van der Waals surface area contributed by atoms with Crippen LogP contribution in [0.2, 0.25) is 0 Å². The van der Waals surface area contributed by atoms with Crippen molar-refractivity contribution in [2.45, 2.75) is 44.2 Å². The van der Waals surface area contributed by atoms with Gasteiger partial charge in [0.2, 0.25) is 0 Å². The lowest BCUT2D eigenvalue weighted by Gasteiger charge is -2.41. The Bertz CT molecular complexity index is 1020. The molecule has 2 amide bonds. The Balaban J connectivity index is 1.54. The predicted molar refractivity (Wildman–Crippen MR) is 111 cm³/mol. The zero-order valence-corrected chi connectivity index (χ0v) is 17.6. The minimum atomic E-state index is -4.47. The van der Waals surface area contributed by atoms with E-state index in [4.69, 9.17) is 9.47 Å². The second kappa shape index (κ2) is 8.46. The molecule has 0 spiro atoms. The van der Waals surface area contributed by atoms with E-state index in [1.165, 1.54) is 6.07 Å². The molecule has 32 heavy (non-hydrogen) atoms. The summed E-state index contributed by atoms with van der Waals surface area (Å²) in [5.41, 5.74) is -0.125. The molecule has 6 nitrogen and oxygen atoms in total. The van der Waals surface area contributed by atoms with Crippen LogP contribution >= 0.6 is 0 Å². The van der Waals surface area contributed by atoms with Crippen LogP contribution in [0.5, 0.6) is 5.75 Å². The van der Waals surface area contributed by atoms with Gasteiger partial charge in [0.05, 0.1) is 23.3 Å². The number of fused-ring (bicyclic) bond motifs is 2. The van der Waals surface area contributed by atoms with Crippen LogP contribution in [-0.2, 0) is 10.9 Å². The van der Waals surface area contributed by atoms with E-state index in [0.29, 0.717) is 23.6 Å². The van der Waals surface area contributed by atoms with Gasteiger partial charge < -0.3 is 19.7 Å². The maximum atomic E-state index is 13.1. The van der Waals surface area contributed by atoms with Gasteiger partial charge in [-0.15, -0.1) is 0 Å². The third kappa shape index (κ3) is 4.43. The largest absolute Gasteiger partial charge is 0.490 e. The highest BCUT2D eigenvalue weighted by Crippen LogP contribution is 2.32. The molecule has 1 saturated heterocycles. The van der Waals surface area contributed by atoms with Crippen LogP contribution in [0.4, 0.5) is 18.9 Å². The van der Waals surface area contributed by atoms with E-state index in [1.54, 1.807) is 24.1 Å². The Labute approximate surface area is 183 Å². The zero-order chi connectivity index (χ0) is 23.0. The van der Waals surface area contributed by atoms with Gasteiger partial charge in [-0.1, -0.05) is 0 Å². The number of carbonyl (C=O) groups excluding carboxylic acids is 2. The number of nitrogens with one attached hydrogen (secondary N) is 1. The number of ether oxygens (including phenoxy) is 2. The molecule has 3 atom stereocenters. The van der Waals surface area contributed by atoms with Crippen molar-refractivity contribution in [3.8, 4) is 5.75 Å². The molecule has 2 aliphatic heterocycles. The average Bonchev–Trinajstić information content (AvgIpc) is 2.76. The van der Waals surface area contributed by atoms with Crippen LogP contribution in [-0.4, -0.2) is 48.6 Å². The fraction of sp³-hybridized carbons (Fsp3) is 0.391. The van der Waals surface area contributed by atoms with Crippen LogP contribution in [0.1, 0.15) is 46.0 Å². The molecule has 0 radical (unpaired) electrons. The summed E-state index contributed by atoms with van der Waals surface area (Å²) in [5.74, 6) is -0.450. The number of anilines is 1. The molecule has 1 N–H and O–H groups in total. The van der Waals surface area contributed by atoms with Crippen LogP contribution in [0, 0.1) is 0 Å². The SMILES string of the molecule is CC1CCC2C(COc3ccc(NC(=O)c4ccc(C(F)(F)F)cc4)cc3C(=O)N2C)O1. The molecule has 0 aromatic heterocycles. The van der Waals surface area contributed by atoms with Crippen LogP contribution in [0.3, 0.4) is 0 Å². The normalized spacial score (nSPS) is 23.3. The van der Waals surface area contributed by atoms with E-state index in [2.05, 4.69) is 5.32 Å². The highest BCUT2D eigenvalue weighted by molar-refractivity contribution is 6.05. The Kier molecular flexibility index (Phi) is 5.85. The lowest BCUT2D eigenvalue weighted by Crippen LogP contribution is -2.53. The van der Waals surface area contributed by atoms with Gasteiger partial charge in [0.15, 0.2) is 0 Å². The summed E-state index contributed by atoms with van der Waals surface area (Å²) >= 11 is 0. The van der Waals surface area contributed by atoms with Crippen LogP contribution < -0.4 is 10.1 Å². The summed E-state index contributed by atoms with van der Waals surface area (Å²) in [4.78, 5) is 27.3. The third-order valence-corrected chi connectivity index (χ3v) is 5.87. The lowest BCUT2D eigenvalue weighted by molar-refractivity contribution is -0.137. The number of carbonyl (C=O) groups is 2. The van der Waals surface area contributed by atoms with Gasteiger partial charge in [0.1, 0.15) is 18.5 Å². The predicted octanol–water partition coefficient (Wildman–Crippen LogP) is 4.36. The smallest absolute Gasteiger partial charge is 0.416 e. The molecule has 0 bridgehead atoms. The summed E-state index contributed by atoms with van der Waals surface area (Å²) in [6.45, 7) is 2.30. The molecular weight excluding hydrogens is 425 g/mol. The number of alkyl halides is 3. The van der Waals surface area contributed by atoms with E-state index < -0.39 is 17.6 Å². The maximum absolute atomic E-state index is 13.1. The van der Waals surface area contributed by atoms with Gasteiger partial charge in [0, 0.05) is 18.3 Å². The van der Waals surface area contributed by atoms with Crippen LogP contribution in [0.25, 0.3) is 0 Å². The van der Waals surface area contributed by atoms with E-state index in [0.717, 1.165) is 37.1 Å². The first-order valence-corrected chi connectivity index (χ1v) is 10.3. The third-order valence-electron chi connectivity index (χ3n) is 5.87. The van der Waals surface area contributed by atoms with Crippen molar-refractivity contribution in [1.82, 2.24) is 4.90 Å². The molecular formula is C23H23F3N2O4. The number of hydrogen-bond donors (Lipinski definition) is 1. The van der Waals surface area contributed by atoms with Crippen molar-refractivity contribution in [2.75, 3.05) is 19.0 Å². The van der Waals surface area contributed by atoms with Crippen molar-refractivity contribution in [3.05, 3.63) is 59.2 Å². The van der Waals surface area contributed by atoms with Gasteiger partial charge >= 0.3 is 6.18 Å². The van der Waals surface area contributed by atoms with Gasteiger partial charge in [-0.05, 0) is 62.2 Å². The number of nitrogens with zero attached hydrogens (tertiary/aromatic N) is 1. The number of halogens is 3. The molecule has 3 unspecified atom stereocenters. The molecule has 2 heterocycles. The molecule has 170 valence electrons. The van der Waals surface area contributed by atoms with Crippen molar-refractivity contribution < 1.29 is 32.2 Å². The number of likely N-dealkylation sites (N-methyl/N-ethyl adjacent to an activating group) is 1. The highest BCUT2D eigenvalue weighted by atomic mass is 19.4. The quantitative estimate of drug-likeness (QED) is 0.742. The molecule has 2 aromatic rings. The Morgan fingerprint density at radius 1 is 1.12 bits per heavy atom.